The molecular weight excluding hydrogens is 130 g/mol. The molecule has 1 nitrogen and oxygen atoms in total. The second kappa shape index (κ2) is 7.79. The Kier molecular flexibility index (Phi) is 10.0. The summed E-state index contributed by atoms with van der Waals surface area (Å²) in [5.41, 5.74) is 5.55. The van der Waals surface area contributed by atoms with Crippen molar-refractivity contribution < 1.29 is 0 Å². The van der Waals surface area contributed by atoms with E-state index in [0.29, 0.717) is 0 Å². The van der Waals surface area contributed by atoms with Gasteiger partial charge in [-0.05, 0) is 12.8 Å². The van der Waals surface area contributed by atoms with E-state index in [2.05, 4.69) is 13.2 Å². The minimum atomic E-state index is 0. The summed E-state index contributed by atoms with van der Waals surface area (Å²) >= 11 is 0. The van der Waals surface area contributed by atoms with Gasteiger partial charge in [-0.1, -0.05) is 12.2 Å². The van der Waals surface area contributed by atoms with Gasteiger partial charge in [-0.15, -0.1) is 13.2 Å². The molecule has 0 rings (SSSR count). The Hall–Kier alpha value is -0.210. The van der Waals surface area contributed by atoms with Crippen LogP contribution in [0.15, 0.2) is 25.3 Å². The predicted molar refractivity (Wildman–Crippen MR) is 45.2 cm³/mol. The van der Waals surface area contributed by atoms with Crippen molar-refractivity contribution in [2.24, 2.45) is 5.73 Å². The number of hydrogen-bond acceptors (Lipinski definition) is 1. The molecule has 0 aromatic rings. The van der Waals surface area contributed by atoms with E-state index < -0.39 is 0 Å². The average molecular weight is 143 g/mol. The maximum Gasteiger partial charge on any atom is 0.0108 e. The lowest BCUT2D eigenvalue weighted by Gasteiger charge is -2.01. The van der Waals surface area contributed by atoms with Crippen molar-refractivity contribution in [1.82, 2.24) is 0 Å². The van der Waals surface area contributed by atoms with Crippen molar-refractivity contribution in [1.29, 1.82) is 0 Å². The predicted octanol–water partition coefficient (Wildman–Crippen LogP) is 2.11. The third-order valence-electron chi connectivity index (χ3n) is 0.939. The molecule has 0 aromatic heterocycles. The first kappa shape index (κ1) is 11.6. The van der Waals surface area contributed by atoms with E-state index in [1.165, 1.54) is 0 Å². The molecule has 0 bridgehead atoms. The van der Waals surface area contributed by atoms with Crippen LogP contribution in [0.4, 0.5) is 0 Å². The first-order chi connectivity index (χ1) is 3.81. The minimum Gasteiger partial charge on any atom is -0.327 e. The van der Waals surface area contributed by atoms with Crippen molar-refractivity contribution >= 4 is 13.5 Å². The van der Waals surface area contributed by atoms with Gasteiger partial charge in [0.1, 0.15) is 0 Å². The minimum absolute atomic E-state index is 0. The van der Waals surface area contributed by atoms with E-state index in [1.54, 1.807) is 0 Å². The van der Waals surface area contributed by atoms with Gasteiger partial charge < -0.3 is 5.73 Å². The molecule has 9 heavy (non-hydrogen) atoms. The van der Waals surface area contributed by atoms with Crippen LogP contribution < -0.4 is 5.73 Å². The summed E-state index contributed by atoms with van der Waals surface area (Å²) in [5, 5.41) is 0. The zero-order chi connectivity index (χ0) is 6.41. The van der Waals surface area contributed by atoms with Gasteiger partial charge in [0.05, 0.1) is 0 Å². The van der Waals surface area contributed by atoms with Gasteiger partial charge in [-0.2, -0.15) is 0 Å². The largest absolute Gasteiger partial charge is 0.327 e. The van der Waals surface area contributed by atoms with Crippen LogP contribution >= 0.6 is 13.5 Å². The lowest BCUT2D eigenvalue weighted by molar-refractivity contribution is 0.696. The first-order valence-electron chi connectivity index (χ1n) is 2.78. The molecule has 0 aliphatic rings. The summed E-state index contributed by atoms with van der Waals surface area (Å²) in [6.45, 7) is 7.14. The summed E-state index contributed by atoms with van der Waals surface area (Å²) in [6.07, 6.45) is 5.42. The molecule has 2 radical (unpaired) electrons. The normalized spacial score (nSPS) is 8.22. The van der Waals surface area contributed by atoms with Gasteiger partial charge in [-0.25, -0.2) is 0 Å². The van der Waals surface area contributed by atoms with Crippen molar-refractivity contribution in [3.63, 3.8) is 0 Å². The summed E-state index contributed by atoms with van der Waals surface area (Å²) in [7, 11) is 0. The fraction of sp³-hybridized carbons (Fsp3) is 0.429. The maximum absolute atomic E-state index is 5.55. The van der Waals surface area contributed by atoms with Gasteiger partial charge >= 0.3 is 0 Å². The van der Waals surface area contributed by atoms with Crippen LogP contribution in [0.2, 0.25) is 0 Å². The molecular formula is C7H13NS. The van der Waals surface area contributed by atoms with Gasteiger partial charge in [0.15, 0.2) is 0 Å². The molecule has 0 fully saturated rings. The molecule has 52 valence electrons. The Morgan fingerprint density at radius 1 is 1.22 bits per heavy atom. The van der Waals surface area contributed by atoms with E-state index in [1.807, 2.05) is 12.2 Å². The van der Waals surface area contributed by atoms with Crippen molar-refractivity contribution in [2.75, 3.05) is 0 Å². The van der Waals surface area contributed by atoms with Crippen molar-refractivity contribution in [2.45, 2.75) is 18.9 Å². The molecule has 0 atom stereocenters. The van der Waals surface area contributed by atoms with Crippen LogP contribution in [-0.4, -0.2) is 6.04 Å². The van der Waals surface area contributed by atoms with Crippen molar-refractivity contribution in [3.05, 3.63) is 25.3 Å². The zero-order valence-electron chi connectivity index (χ0n) is 5.55. The third kappa shape index (κ3) is 7.79. The van der Waals surface area contributed by atoms with Gasteiger partial charge in [0, 0.05) is 19.5 Å². The molecule has 0 saturated carbocycles. The number of hydrogen-bond donors (Lipinski definition) is 1. The third-order valence-corrected chi connectivity index (χ3v) is 0.939. The van der Waals surface area contributed by atoms with Crippen LogP contribution in [0.25, 0.3) is 0 Å². The molecule has 0 saturated heterocycles. The molecule has 0 aliphatic heterocycles. The topological polar surface area (TPSA) is 26.0 Å². The summed E-state index contributed by atoms with van der Waals surface area (Å²) in [4.78, 5) is 0. The monoisotopic (exact) mass is 143 g/mol. The van der Waals surface area contributed by atoms with Gasteiger partial charge in [0.25, 0.3) is 0 Å². The highest BCUT2D eigenvalue weighted by atomic mass is 32.1. The van der Waals surface area contributed by atoms with Crippen LogP contribution in [0.5, 0.6) is 0 Å². The molecule has 0 aromatic carbocycles. The Morgan fingerprint density at radius 3 is 1.78 bits per heavy atom. The molecule has 2 N–H and O–H groups in total. The van der Waals surface area contributed by atoms with Gasteiger partial charge in [0.2, 0.25) is 0 Å². The molecule has 0 spiro atoms. The van der Waals surface area contributed by atoms with E-state index in [-0.39, 0.29) is 19.5 Å². The average Bonchev–Trinajstić information content (AvgIpc) is 1.68. The second-order valence-corrected chi connectivity index (χ2v) is 1.81. The Balaban J connectivity index is 0. The fourth-order valence-electron chi connectivity index (χ4n) is 0.524. The molecule has 0 aliphatic carbocycles. The highest BCUT2D eigenvalue weighted by Gasteiger charge is 1.92. The lowest BCUT2D eigenvalue weighted by atomic mass is 10.1. The Labute approximate surface area is 64.1 Å². The van der Waals surface area contributed by atoms with Crippen LogP contribution in [0.3, 0.4) is 0 Å². The van der Waals surface area contributed by atoms with E-state index in [4.69, 9.17) is 5.73 Å². The standard InChI is InChI=1S/C7H13N.S/c1-3-5-7(8)6-4-2;/h3-4,7H,1-2,5-6,8H2;. The van der Waals surface area contributed by atoms with E-state index >= 15 is 0 Å². The van der Waals surface area contributed by atoms with Crippen LogP contribution in [0.1, 0.15) is 12.8 Å². The summed E-state index contributed by atoms with van der Waals surface area (Å²) < 4.78 is 0. The van der Waals surface area contributed by atoms with Crippen LogP contribution in [0, 0.1) is 0 Å². The number of nitrogens with two attached hydrogens (primary N) is 1. The Morgan fingerprint density at radius 2 is 1.56 bits per heavy atom. The second-order valence-electron chi connectivity index (χ2n) is 1.81. The van der Waals surface area contributed by atoms with Crippen LogP contribution in [-0.2, 0) is 0 Å². The lowest BCUT2D eigenvalue weighted by Crippen LogP contribution is -2.17. The first-order valence-corrected chi connectivity index (χ1v) is 2.78. The quantitative estimate of drug-likeness (QED) is 0.599. The number of rotatable bonds is 4. The van der Waals surface area contributed by atoms with Gasteiger partial charge in [-0.3, -0.25) is 0 Å². The van der Waals surface area contributed by atoms with E-state index in [0.717, 1.165) is 12.8 Å². The Bertz CT molecular complexity index is 71.0. The SMILES string of the molecule is C=CCC(N)CC=C.[S]. The zero-order valence-corrected chi connectivity index (χ0v) is 6.36. The summed E-state index contributed by atoms with van der Waals surface area (Å²) in [6, 6.07) is 0.227. The van der Waals surface area contributed by atoms with E-state index in [9.17, 15) is 0 Å². The molecule has 0 heterocycles. The molecule has 0 amide bonds. The summed E-state index contributed by atoms with van der Waals surface area (Å²) in [5.74, 6) is 0. The molecule has 2 heteroatoms. The maximum atomic E-state index is 5.55. The highest BCUT2D eigenvalue weighted by Crippen LogP contribution is 1.93. The molecule has 0 unspecified atom stereocenters. The smallest absolute Gasteiger partial charge is 0.0108 e. The van der Waals surface area contributed by atoms with Crippen molar-refractivity contribution in [3.8, 4) is 0 Å². The fourth-order valence-corrected chi connectivity index (χ4v) is 0.524. The highest BCUT2D eigenvalue weighted by molar-refractivity contribution is 7.59.